The molecular weight excluding hydrogens is 291 g/mol. The number of benzene rings is 1. The van der Waals surface area contributed by atoms with Gasteiger partial charge in [0.05, 0.1) is 27.5 Å². The lowest BCUT2D eigenvalue weighted by molar-refractivity contribution is 1.16. The van der Waals surface area contributed by atoms with E-state index in [2.05, 4.69) is 19.0 Å². The van der Waals surface area contributed by atoms with Crippen LogP contribution in [0.2, 0.25) is 10.0 Å². The van der Waals surface area contributed by atoms with E-state index in [-0.39, 0.29) is 0 Å². The third-order valence-electron chi connectivity index (χ3n) is 2.58. The minimum Gasteiger partial charge on any atom is -0.378 e. The third kappa shape index (κ3) is 2.05. The molecule has 0 atom stereocenters. The highest BCUT2D eigenvalue weighted by atomic mass is 35.5. The first-order chi connectivity index (χ1) is 8.75. The van der Waals surface area contributed by atoms with Crippen molar-refractivity contribution in [1.82, 2.24) is 13.7 Å². The molecule has 7 heteroatoms. The first-order valence-electron chi connectivity index (χ1n) is 5.21. The molecule has 0 aliphatic heterocycles. The van der Waals surface area contributed by atoms with E-state index in [9.17, 15) is 0 Å². The molecule has 3 aromatic rings. The summed E-state index contributed by atoms with van der Waals surface area (Å²) in [6, 6.07) is 3.68. The van der Waals surface area contributed by atoms with E-state index in [4.69, 9.17) is 23.2 Å². The minimum atomic E-state index is 0.524. The number of aromatic amines is 1. The average Bonchev–Trinajstić information content (AvgIpc) is 2.98. The lowest BCUT2D eigenvalue weighted by Gasteiger charge is -2.08. The zero-order valence-corrected chi connectivity index (χ0v) is 11.4. The van der Waals surface area contributed by atoms with Crippen molar-refractivity contribution < 1.29 is 0 Å². The second kappa shape index (κ2) is 4.76. The van der Waals surface area contributed by atoms with E-state index in [0.717, 1.165) is 23.0 Å². The Bertz CT molecular complexity index is 678. The number of hydrogen-bond acceptors (Lipinski definition) is 4. The zero-order chi connectivity index (χ0) is 12.5. The lowest BCUT2D eigenvalue weighted by atomic mass is 10.2. The fourth-order valence-electron chi connectivity index (χ4n) is 1.70. The van der Waals surface area contributed by atoms with Crippen LogP contribution in [0, 0.1) is 0 Å². The van der Waals surface area contributed by atoms with Crippen molar-refractivity contribution in [3.63, 3.8) is 0 Å². The smallest absolute Gasteiger partial charge is 0.130 e. The molecule has 0 aliphatic rings. The number of aromatic nitrogens is 3. The molecular formula is C11H8Cl2N4S. The fourth-order valence-corrected chi connectivity index (χ4v) is 2.88. The predicted molar refractivity (Wildman–Crippen MR) is 75.6 cm³/mol. The van der Waals surface area contributed by atoms with Gasteiger partial charge in [-0.25, -0.2) is 0 Å². The first kappa shape index (κ1) is 11.8. The summed E-state index contributed by atoms with van der Waals surface area (Å²) in [7, 11) is 0. The topological polar surface area (TPSA) is 53.6 Å². The Morgan fingerprint density at radius 2 is 2.06 bits per heavy atom. The van der Waals surface area contributed by atoms with Crippen LogP contribution >= 0.6 is 34.9 Å². The Labute approximate surface area is 117 Å². The van der Waals surface area contributed by atoms with Crippen LogP contribution in [0.5, 0.6) is 0 Å². The van der Waals surface area contributed by atoms with Crippen LogP contribution in [-0.4, -0.2) is 13.7 Å². The number of anilines is 1. The Morgan fingerprint density at radius 1 is 1.22 bits per heavy atom. The summed E-state index contributed by atoms with van der Waals surface area (Å²) in [4.78, 5) is 3.00. The number of hydrogen-bond donors (Lipinski definition) is 2. The van der Waals surface area contributed by atoms with Crippen LogP contribution in [0.25, 0.3) is 11.0 Å². The highest BCUT2D eigenvalue weighted by Crippen LogP contribution is 2.35. The molecule has 0 unspecified atom stereocenters. The molecule has 3 rings (SSSR count). The molecule has 4 nitrogen and oxygen atoms in total. The summed E-state index contributed by atoms with van der Waals surface area (Å²) in [6.07, 6.45) is 3.80. The summed E-state index contributed by atoms with van der Waals surface area (Å²) in [6.45, 7) is 0.664. The largest absolute Gasteiger partial charge is 0.378 e. The molecule has 0 amide bonds. The second-order valence-corrected chi connectivity index (χ2v) is 5.09. The number of halogens is 2. The maximum atomic E-state index is 6.19. The standard InChI is InChI=1S/C11H8Cl2N4S/c12-7-3-8(13)10-11(17-18-16-10)9(7)15-5-6-1-2-14-4-6/h1-4,14-15H,5H2. The molecule has 0 saturated carbocycles. The van der Waals surface area contributed by atoms with E-state index in [1.807, 2.05) is 18.5 Å². The summed E-state index contributed by atoms with van der Waals surface area (Å²) >= 11 is 13.4. The summed E-state index contributed by atoms with van der Waals surface area (Å²) in [5.41, 5.74) is 3.30. The molecule has 1 aromatic carbocycles. The molecule has 18 heavy (non-hydrogen) atoms. The molecule has 0 bridgehead atoms. The third-order valence-corrected chi connectivity index (χ3v) is 3.69. The van der Waals surface area contributed by atoms with Crippen molar-refractivity contribution in [2.75, 3.05) is 5.32 Å². The fraction of sp³-hybridized carbons (Fsp3) is 0.0909. The molecule has 0 radical (unpaired) electrons. The van der Waals surface area contributed by atoms with Gasteiger partial charge in [-0.15, -0.1) is 0 Å². The predicted octanol–water partition coefficient (Wildman–Crippen LogP) is 3.94. The van der Waals surface area contributed by atoms with Gasteiger partial charge in [0.2, 0.25) is 0 Å². The number of rotatable bonds is 3. The van der Waals surface area contributed by atoms with Crippen molar-refractivity contribution in [1.29, 1.82) is 0 Å². The number of nitrogens with one attached hydrogen (secondary N) is 2. The van der Waals surface area contributed by atoms with E-state index in [0.29, 0.717) is 27.6 Å². The number of H-pyrrole nitrogens is 1. The Hall–Kier alpha value is -1.30. The lowest BCUT2D eigenvalue weighted by Crippen LogP contribution is -2.00. The van der Waals surface area contributed by atoms with Gasteiger partial charge in [-0.1, -0.05) is 23.2 Å². The maximum Gasteiger partial charge on any atom is 0.130 e. The SMILES string of the molecule is Clc1cc(Cl)c2nsnc2c1NCc1cc[nH]c1. The van der Waals surface area contributed by atoms with Gasteiger partial charge in [0.25, 0.3) is 0 Å². The van der Waals surface area contributed by atoms with Gasteiger partial charge in [0.15, 0.2) is 0 Å². The van der Waals surface area contributed by atoms with E-state index < -0.39 is 0 Å². The van der Waals surface area contributed by atoms with Gasteiger partial charge in [-0.3, -0.25) is 0 Å². The van der Waals surface area contributed by atoms with Gasteiger partial charge in [-0.2, -0.15) is 8.75 Å². The van der Waals surface area contributed by atoms with Gasteiger partial charge in [0.1, 0.15) is 11.0 Å². The molecule has 2 N–H and O–H groups in total. The normalized spacial score (nSPS) is 11.0. The summed E-state index contributed by atoms with van der Waals surface area (Å²) < 4.78 is 8.39. The van der Waals surface area contributed by atoms with Crippen LogP contribution in [-0.2, 0) is 6.54 Å². The first-order valence-corrected chi connectivity index (χ1v) is 6.70. The average molecular weight is 299 g/mol. The Morgan fingerprint density at radius 3 is 2.83 bits per heavy atom. The van der Waals surface area contributed by atoms with Gasteiger partial charge < -0.3 is 10.3 Å². The number of nitrogens with zero attached hydrogens (tertiary/aromatic N) is 2. The molecule has 0 aliphatic carbocycles. The van der Waals surface area contributed by atoms with E-state index in [1.165, 1.54) is 0 Å². The Kier molecular flexibility index (Phi) is 3.11. The summed E-state index contributed by atoms with van der Waals surface area (Å²) in [5.74, 6) is 0. The highest BCUT2D eigenvalue weighted by Gasteiger charge is 2.13. The van der Waals surface area contributed by atoms with E-state index >= 15 is 0 Å². The van der Waals surface area contributed by atoms with Crippen molar-refractivity contribution in [3.8, 4) is 0 Å². The molecule has 0 spiro atoms. The van der Waals surface area contributed by atoms with Crippen LogP contribution in [0.1, 0.15) is 5.56 Å². The van der Waals surface area contributed by atoms with Crippen LogP contribution in [0.4, 0.5) is 5.69 Å². The van der Waals surface area contributed by atoms with Gasteiger partial charge >= 0.3 is 0 Å². The molecule has 0 fully saturated rings. The quantitative estimate of drug-likeness (QED) is 0.770. The highest BCUT2D eigenvalue weighted by molar-refractivity contribution is 7.00. The van der Waals surface area contributed by atoms with Gasteiger partial charge in [0, 0.05) is 18.9 Å². The second-order valence-electron chi connectivity index (χ2n) is 3.75. The van der Waals surface area contributed by atoms with Gasteiger partial charge in [-0.05, 0) is 17.7 Å². The molecule has 2 aromatic heterocycles. The molecule has 92 valence electrons. The molecule has 0 saturated heterocycles. The number of fused-ring (bicyclic) bond motifs is 1. The van der Waals surface area contributed by atoms with Crippen LogP contribution < -0.4 is 5.32 Å². The molecule has 2 heterocycles. The van der Waals surface area contributed by atoms with Crippen molar-refractivity contribution in [2.45, 2.75) is 6.54 Å². The minimum absolute atomic E-state index is 0.524. The summed E-state index contributed by atoms with van der Waals surface area (Å²) in [5, 5.41) is 4.34. The van der Waals surface area contributed by atoms with E-state index in [1.54, 1.807) is 6.07 Å². The van der Waals surface area contributed by atoms with Crippen molar-refractivity contribution in [2.24, 2.45) is 0 Å². The monoisotopic (exact) mass is 298 g/mol. The zero-order valence-electron chi connectivity index (χ0n) is 9.08. The maximum absolute atomic E-state index is 6.19. The van der Waals surface area contributed by atoms with Crippen LogP contribution in [0.15, 0.2) is 24.5 Å². The Balaban J connectivity index is 1.98. The van der Waals surface area contributed by atoms with Crippen molar-refractivity contribution in [3.05, 3.63) is 40.1 Å². The van der Waals surface area contributed by atoms with Crippen molar-refractivity contribution >= 4 is 51.7 Å². The van der Waals surface area contributed by atoms with Crippen LogP contribution in [0.3, 0.4) is 0 Å².